The van der Waals surface area contributed by atoms with Crippen molar-refractivity contribution in [2.45, 2.75) is 38.9 Å². The van der Waals surface area contributed by atoms with Gasteiger partial charge < -0.3 is 10.2 Å². The first kappa shape index (κ1) is 17.0. The molecule has 1 N–H and O–H groups in total. The maximum Gasteiger partial charge on any atom is 0.317 e. The van der Waals surface area contributed by atoms with Gasteiger partial charge in [0.15, 0.2) is 0 Å². The summed E-state index contributed by atoms with van der Waals surface area (Å²) in [4.78, 5) is 21.2. The molecule has 7 nitrogen and oxygen atoms in total. The Morgan fingerprint density at radius 3 is 2.92 bits per heavy atom. The van der Waals surface area contributed by atoms with Crippen LogP contribution in [0.4, 0.5) is 4.79 Å². The van der Waals surface area contributed by atoms with Gasteiger partial charge in [0, 0.05) is 51.2 Å². The molecule has 2 aliphatic rings. The van der Waals surface area contributed by atoms with Crippen LogP contribution in [0.3, 0.4) is 0 Å². The molecule has 4 rings (SSSR count). The van der Waals surface area contributed by atoms with E-state index in [1.165, 1.54) is 5.69 Å². The van der Waals surface area contributed by atoms with Crippen LogP contribution in [0.1, 0.15) is 36.0 Å². The normalized spacial score (nSPS) is 20.2. The number of rotatable bonds is 4. The van der Waals surface area contributed by atoms with Crippen molar-refractivity contribution in [3.8, 4) is 0 Å². The highest BCUT2D eigenvalue weighted by molar-refractivity contribution is 5.74. The number of urea groups is 1. The summed E-state index contributed by atoms with van der Waals surface area (Å²) < 4.78 is 2.06. The zero-order chi connectivity index (χ0) is 17.9. The van der Waals surface area contributed by atoms with Crippen molar-refractivity contribution in [2.24, 2.45) is 0 Å². The fourth-order valence-corrected chi connectivity index (χ4v) is 3.89. The molecule has 2 aliphatic heterocycles. The van der Waals surface area contributed by atoms with Gasteiger partial charge in [-0.3, -0.25) is 14.6 Å². The number of likely N-dealkylation sites (tertiary alicyclic amines) is 1. The number of hydrogen-bond donors (Lipinski definition) is 1. The lowest BCUT2D eigenvalue weighted by Gasteiger charge is -2.34. The zero-order valence-corrected chi connectivity index (χ0v) is 15.3. The van der Waals surface area contributed by atoms with E-state index >= 15 is 0 Å². The van der Waals surface area contributed by atoms with E-state index in [0.717, 1.165) is 57.0 Å². The Bertz CT molecular complexity index is 767. The number of nitrogens with zero attached hydrogens (tertiary/aromatic N) is 5. The summed E-state index contributed by atoms with van der Waals surface area (Å²) in [6.07, 6.45) is 4.06. The number of pyridine rings is 1. The maximum atomic E-state index is 12.3. The van der Waals surface area contributed by atoms with E-state index in [1.54, 1.807) is 0 Å². The highest BCUT2D eigenvalue weighted by Gasteiger charge is 2.27. The van der Waals surface area contributed by atoms with Crippen LogP contribution in [-0.2, 0) is 13.1 Å². The van der Waals surface area contributed by atoms with E-state index < -0.39 is 0 Å². The number of fused-ring (bicyclic) bond motifs is 1. The van der Waals surface area contributed by atoms with Crippen molar-refractivity contribution in [2.75, 3.05) is 26.2 Å². The third-order valence-electron chi connectivity index (χ3n) is 5.17. The van der Waals surface area contributed by atoms with Gasteiger partial charge in [-0.2, -0.15) is 5.10 Å². The molecule has 0 saturated carbocycles. The third-order valence-corrected chi connectivity index (χ3v) is 5.17. The molecule has 2 amide bonds. The lowest BCUT2D eigenvalue weighted by Crippen LogP contribution is -2.45. The van der Waals surface area contributed by atoms with Crippen molar-refractivity contribution in [1.29, 1.82) is 0 Å². The molecule has 0 radical (unpaired) electrons. The molecule has 2 aromatic rings. The molecule has 0 aliphatic carbocycles. The average molecular weight is 354 g/mol. The van der Waals surface area contributed by atoms with Crippen LogP contribution in [-0.4, -0.2) is 56.8 Å². The van der Waals surface area contributed by atoms with Crippen LogP contribution in [0.5, 0.6) is 0 Å². The quantitative estimate of drug-likeness (QED) is 0.911. The molecule has 2 aromatic heterocycles. The molecule has 0 unspecified atom stereocenters. The van der Waals surface area contributed by atoms with Gasteiger partial charge in [0.1, 0.15) is 0 Å². The molecule has 1 fully saturated rings. The standard InChI is InChI=1S/C19H26N6O/c1-15-5-4-6-16(22-15)12-23-13-17-7-8-21-25(17)18(14-23)11-20-19(26)24-9-2-3-10-24/h4-8,18H,2-3,9-14H2,1H3,(H,20,26)/t18-/m0/s1. The Hall–Kier alpha value is -2.41. The van der Waals surface area contributed by atoms with E-state index in [9.17, 15) is 4.79 Å². The van der Waals surface area contributed by atoms with Crippen LogP contribution >= 0.6 is 0 Å². The second-order valence-electron chi connectivity index (χ2n) is 7.24. The number of nitrogens with one attached hydrogen (secondary N) is 1. The van der Waals surface area contributed by atoms with Crippen LogP contribution in [0.2, 0.25) is 0 Å². The van der Waals surface area contributed by atoms with Crippen molar-refractivity contribution in [1.82, 2.24) is 29.9 Å². The number of carbonyl (C=O) groups is 1. The fourth-order valence-electron chi connectivity index (χ4n) is 3.89. The van der Waals surface area contributed by atoms with Gasteiger partial charge >= 0.3 is 6.03 Å². The number of aryl methyl sites for hydroxylation is 1. The van der Waals surface area contributed by atoms with Gasteiger partial charge in [-0.15, -0.1) is 0 Å². The molecular formula is C19H26N6O. The third kappa shape index (κ3) is 3.72. The minimum atomic E-state index is 0.0497. The molecule has 1 atom stereocenters. The Kier molecular flexibility index (Phi) is 4.88. The second-order valence-corrected chi connectivity index (χ2v) is 7.24. The summed E-state index contributed by atoms with van der Waals surface area (Å²) in [6, 6.07) is 8.40. The molecule has 4 heterocycles. The van der Waals surface area contributed by atoms with E-state index in [2.05, 4.69) is 43.2 Å². The van der Waals surface area contributed by atoms with E-state index in [1.807, 2.05) is 24.1 Å². The van der Waals surface area contributed by atoms with Crippen molar-refractivity contribution in [3.63, 3.8) is 0 Å². The van der Waals surface area contributed by atoms with E-state index in [0.29, 0.717) is 6.54 Å². The summed E-state index contributed by atoms with van der Waals surface area (Å²) in [5.41, 5.74) is 3.31. The molecule has 138 valence electrons. The first-order chi connectivity index (χ1) is 12.7. The van der Waals surface area contributed by atoms with Gasteiger partial charge in [0.25, 0.3) is 0 Å². The highest BCUT2D eigenvalue weighted by atomic mass is 16.2. The van der Waals surface area contributed by atoms with Crippen molar-refractivity contribution >= 4 is 6.03 Å². The monoisotopic (exact) mass is 354 g/mol. The largest absolute Gasteiger partial charge is 0.336 e. The van der Waals surface area contributed by atoms with Gasteiger partial charge in [-0.05, 0) is 38.0 Å². The molecule has 0 bridgehead atoms. The van der Waals surface area contributed by atoms with Crippen LogP contribution in [0.15, 0.2) is 30.5 Å². The number of aromatic nitrogens is 3. The summed E-state index contributed by atoms with van der Waals surface area (Å²) in [5.74, 6) is 0. The average Bonchev–Trinajstić information content (AvgIpc) is 3.31. The molecule has 26 heavy (non-hydrogen) atoms. The number of hydrogen-bond acceptors (Lipinski definition) is 4. The SMILES string of the molecule is Cc1cccc(CN2Cc3ccnn3[C@@H](CNC(=O)N3CCCC3)C2)n1. The minimum absolute atomic E-state index is 0.0497. The van der Waals surface area contributed by atoms with Crippen LogP contribution in [0.25, 0.3) is 0 Å². The smallest absolute Gasteiger partial charge is 0.317 e. The Balaban J connectivity index is 1.41. The lowest BCUT2D eigenvalue weighted by atomic mass is 10.1. The van der Waals surface area contributed by atoms with E-state index in [-0.39, 0.29) is 12.1 Å². The minimum Gasteiger partial charge on any atom is -0.336 e. The second kappa shape index (κ2) is 7.45. The predicted octanol–water partition coefficient (Wildman–Crippen LogP) is 1.95. The number of carbonyl (C=O) groups excluding carboxylic acids is 1. The summed E-state index contributed by atoms with van der Waals surface area (Å²) >= 11 is 0. The van der Waals surface area contributed by atoms with Gasteiger partial charge in [-0.1, -0.05) is 6.07 Å². The van der Waals surface area contributed by atoms with Gasteiger partial charge in [0.2, 0.25) is 0 Å². The molecule has 0 aromatic carbocycles. The molecule has 7 heteroatoms. The summed E-state index contributed by atoms with van der Waals surface area (Å²) in [7, 11) is 0. The zero-order valence-electron chi connectivity index (χ0n) is 15.3. The Labute approximate surface area is 154 Å². The molecule has 0 spiro atoms. The van der Waals surface area contributed by atoms with Crippen molar-refractivity contribution < 1.29 is 4.79 Å². The number of amides is 2. The Morgan fingerprint density at radius 1 is 1.27 bits per heavy atom. The predicted molar refractivity (Wildman–Crippen MR) is 98.6 cm³/mol. The molecule has 1 saturated heterocycles. The topological polar surface area (TPSA) is 66.3 Å². The van der Waals surface area contributed by atoms with Gasteiger partial charge in [-0.25, -0.2) is 4.79 Å². The molecular weight excluding hydrogens is 328 g/mol. The van der Waals surface area contributed by atoms with Crippen molar-refractivity contribution in [3.05, 3.63) is 47.5 Å². The summed E-state index contributed by atoms with van der Waals surface area (Å²) in [6.45, 7) is 6.87. The first-order valence-corrected chi connectivity index (χ1v) is 9.39. The first-order valence-electron chi connectivity index (χ1n) is 9.39. The maximum absolute atomic E-state index is 12.3. The Morgan fingerprint density at radius 2 is 2.12 bits per heavy atom. The lowest BCUT2D eigenvalue weighted by molar-refractivity contribution is 0.159. The highest BCUT2D eigenvalue weighted by Crippen LogP contribution is 2.21. The van der Waals surface area contributed by atoms with Crippen LogP contribution in [0, 0.1) is 6.92 Å². The van der Waals surface area contributed by atoms with Crippen LogP contribution < -0.4 is 5.32 Å². The van der Waals surface area contributed by atoms with E-state index in [4.69, 9.17) is 0 Å². The van der Waals surface area contributed by atoms with Gasteiger partial charge in [0.05, 0.1) is 17.4 Å². The fraction of sp³-hybridized carbons (Fsp3) is 0.526. The summed E-state index contributed by atoms with van der Waals surface area (Å²) in [5, 5.41) is 7.58.